The number of methoxy groups -OCH3 is 1. The highest BCUT2D eigenvalue weighted by Gasteiger charge is 2.21. The van der Waals surface area contributed by atoms with Gasteiger partial charge in [-0.25, -0.2) is 0 Å². The van der Waals surface area contributed by atoms with Gasteiger partial charge >= 0.3 is 0 Å². The van der Waals surface area contributed by atoms with E-state index in [0.29, 0.717) is 0 Å². The maximum atomic E-state index is 5.64. The van der Waals surface area contributed by atoms with Crippen LogP contribution in [0.2, 0.25) is 0 Å². The molecule has 0 spiro atoms. The number of ether oxygens (including phenoxy) is 3. The lowest BCUT2D eigenvalue weighted by Gasteiger charge is -2.21. The summed E-state index contributed by atoms with van der Waals surface area (Å²) in [6.45, 7) is 2.05. The zero-order valence-electron chi connectivity index (χ0n) is 16.1. The second-order valence-corrected chi connectivity index (χ2v) is 6.86. The molecule has 1 unspecified atom stereocenters. The van der Waals surface area contributed by atoms with Crippen molar-refractivity contribution >= 4 is 0 Å². The van der Waals surface area contributed by atoms with Gasteiger partial charge in [0.15, 0.2) is 11.5 Å². The molecule has 1 atom stereocenters. The van der Waals surface area contributed by atoms with Gasteiger partial charge in [-0.1, -0.05) is 54.6 Å². The van der Waals surface area contributed by atoms with E-state index in [2.05, 4.69) is 53.8 Å². The molecular weight excluding hydrogens is 350 g/mol. The minimum atomic E-state index is 0.203. The molecule has 4 nitrogen and oxygen atoms in total. The number of benzene rings is 3. The smallest absolute Gasteiger partial charge is 0.231 e. The average molecular weight is 375 g/mol. The van der Waals surface area contributed by atoms with Gasteiger partial charge in [0, 0.05) is 18.0 Å². The van der Waals surface area contributed by atoms with E-state index in [-0.39, 0.29) is 12.7 Å². The van der Waals surface area contributed by atoms with Crippen molar-refractivity contribution in [3.05, 3.63) is 89.5 Å². The molecule has 0 fully saturated rings. The van der Waals surface area contributed by atoms with Crippen LogP contribution >= 0.6 is 0 Å². The molecule has 4 rings (SSSR count). The minimum absolute atomic E-state index is 0.203. The lowest BCUT2D eigenvalue weighted by Crippen LogP contribution is -2.18. The Balaban J connectivity index is 1.53. The van der Waals surface area contributed by atoms with E-state index in [9.17, 15) is 0 Å². The molecule has 1 aliphatic heterocycles. The molecule has 4 heteroatoms. The number of rotatable bonds is 8. The quantitative estimate of drug-likeness (QED) is 0.578. The largest absolute Gasteiger partial charge is 0.496 e. The summed E-state index contributed by atoms with van der Waals surface area (Å²) in [5, 5.41) is 3.56. The molecule has 0 aliphatic carbocycles. The Morgan fingerprint density at radius 3 is 2.57 bits per heavy atom. The Morgan fingerprint density at radius 2 is 1.71 bits per heavy atom. The highest BCUT2D eigenvalue weighted by atomic mass is 16.7. The van der Waals surface area contributed by atoms with Crippen LogP contribution in [-0.4, -0.2) is 20.4 Å². The summed E-state index contributed by atoms with van der Waals surface area (Å²) in [6, 6.07) is 24.9. The zero-order valence-corrected chi connectivity index (χ0v) is 16.1. The first-order valence-electron chi connectivity index (χ1n) is 9.62. The molecular formula is C24H25NO3. The molecule has 0 aromatic heterocycles. The van der Waals surface area contributed by atoms with Crippen LogP contribution < -0.4 is 19.5 Å². The van der Waals surface area contributed by atoms with Crippen molar-refractivity contribution in [2.75, 3.05) is 20.4 Å². The third-order valence-corrected chi connectivity index (χ3v) is 5.10. The Kier molecular flexibility index (Phi) is 5.78. The first-order chi connectivity index (χ1) is 13.8. The van der Waals surface area contributed by atoms with Crippen LogP contribution in [0.1, 0.15) is 29.0 Å². The third kappa shape index (κ3) is 4.12. The molecule has 1 N–H and O–H groups in total. The van der Waals surface area contributed by atoms with E-state index in [1.807, 2.05) is 24.3 Å². The summed E-state index contributed by atoms with van der Waals surface area (Å²) < 4.78 is 16.7. The fourth-order valence-electron chi connectivity index (χ4n) is 3.66. The molecule has 0 saturated heterocycles. The first kappa shape index (κ1) is 18.4. The van der Waals surface area contributed by atoms with Gasteiger partial charge in [0.1, 0.15) is 5.75 Å². The van der Waals surface area contributed by atoms with Gasteiger partial charge in [0.25, 0.3) is 0 Å². The SMILES string of the molecule is COc1ccccc1C(CCNCc1ccccc1)c1ccc2c(c1)OCO2. The van der Waals surface area contributed by atoms with Crippen LogP contribution in [0.4, 0.5) is 0 Å². The molecule has 1 heterocycles. The maximum absolute atomic E-state index is 5.64. The number of para-hydroxylation sites is 1. The molecule has 0 bridgehead atoms. The summed E-state index contributed by atoms with van der Waals surface area (Å²) in [5.41, 5.74) is 3.68. The number of hydrogen-bond donors (Lipinski definition) is 1. The molecule has 28 heavy (non-hydrogen) atoms. The van der Waals surface area contributed by atoms with Gasteiger partial charge < -0.3 is 19.5 Å². The van der Waals surface area contributed by atoms with E-state index in [0.717, 1.165) is 36.8 Å². The van der Waals surface area contributed by atoms with Crippen molar-refractivity contribution in [3.63, 3.8) is 0 Å². The topological polar surface area (TPSA) is 39.7 Å². The van der Waals surface area contributed by atoms with Crippen molar-refractivity contribution in [1.82, 2.24) is 5.32 Å². The van der Waals surface area contributed by atoms with Crippen molar-refractivity contribution in [2.45, 2.75) is 18.9 Å². The van der Waals surface area contributed by atoms with Gasteiger partial charge in [-0.05, 0) is 42.3 Å². The lowest BCUT2D eigenvalue weighted by atomic mass is 9.87. The summed E-state index contributed by atoms with van der Waals surface area (Å²) in [4.78, 5) is 0. The van der Waals surface area contributed by atoms with E-state index in [1.54, 1.807) is 7.11 Å². The van der Waals surface area contributed by atoms with Gasteiger partial charge in [-0.3, -0.25) is 0 Å². The van der Waals surface area contributed by atoms with Crippen LogP contribution in [0.5, 0.6) is 17.2 Å². The van der Waals surface area contributed by atoms with Crippen molar-refractivity contribution in [1.29, 1.82) is 0 Å². The van der Waals surface area contributed by atoms with Crippen LogP contribution in [0, 0.1) is 0 Å². The van der Waals surface area contributed by atoms with Gasteiger partial charge in [0.05, 0.1) is 7.11 Å². The fraction of sp³-hybridized carbons (Fsp3) is 0.250. The summed E-state index contributed by atoms with van der Waals surface area (Å²) in [7, 11) is 1.73. The molecule has 0 amide bonds. The van der Waals surface area contributed by atoms with Gasteiger partial charge in [0.2, 0.25) is 6.79 Å². The van der Waals surface area contributed by atoms with Gasteiger partial charge in [-0.2, -0.15) is 0 Å². The molecule has 0 radical (unpaired) electrons. The summed E-state index contributed by atoms with van der Waals surface area (Å²) in [6.07, 6.45) is 0.951. The van der Waals surface area contributed by atoms with Crippen LogP contribution in [0.25, 0.3) is 0 Å². The van der Waals surface area contributed by atoms with Gasteiger partial charge in [-0.15, -0.1) is 0 Å². The molecule has 3 aromatic rings. The van der Waals surface area contributed by atoms with Crippen molar-refractivity contribution in [3.8, 4) is 17.2 Å². The standard InChI is InChI=1S/C24H25NO3/c1-26-22-10-6-5-9-21(22)20(13-14-25-16-18-7-3-2-4-8-18)19-11-12-23-24(15-19)28-17-27-23/h2-12,15,20,25H,13-14,16-17H2,1H3. The second-order valence-electron chi connectivity index (χ2n) is 6.86. The average Bonchev–Trinajstić information content (AvgIpc) is 3.22. The molecule has 144 valence electrons. The Morgan fingerprint density at radius 1 is 0.929 bits per heavy atom. The summed E-state index contributed by atoms with van der Waals surface area (Å²) >= 11 is 0. The number of nitrogens with one attached hydrogen (secondary N) is 1. The summed E-state index contributed by atoms with van der Waals surface area (Å²) in [5.74, 6) is 2.74. The van der Waals surface area contributed by atoms with E-state index in [4.69, 9.17) is 14.2 Å². The van der Waals surface area contributed by atoms with Crippen LogP contribution in [0.3, 0.4) is 0 Å². The fourth-order valence-corrected chi connectivity index (χ4v) is 3.66. The normalized spacial score (nSPS) is 13.3. The number of fused-ring (bicyclic) bond motifs is 1. The Labute approximate surface area is 166 Å². The Hall–Kier alpha value is -2.98. The third-order valence-electron chi connectivity index (χ3n) is 5.10. The Bertz CT molecular complexity index is 911. The van der Waals surface area contributed by atoms with Crippen LogP contribution in [0.15, 0.2) is 72.8 Å². The van der Waals surface area contributed by atoms with E-state index >= 15 is 0 Å². The van der Waals surface area contributed by atoms with Crippen molar-refractivity contribution < 1.29 is 14.2 Å². The molecule has 0 saturated carbocycles. The predicted molar refractivity (Wildman–Crippen MR) is 110 cm³/mol. The monoisotopic (exact) mass is 375 g/mol. The van der Waals surface area contributed by atoms with Crippen molar-refractivity contribution in [2.24, 2.45) is 0 Å². The first-order valence-corrected chi connectivity index (χ1v) is 9.62. The zero-order chi connectivity index (χ0) is 19.2. The van der Waals surface area contributed by atoms with E-state index < -0.39 is 0 Å². The highest BCUT2D eigenvalue weighted by molar-refractivity contribution is 5.49. The number of hydrogen-bond acceptors (Lipinski definition) is 4. The lowest BCUT2D eigenvalue weighted by molar-refractivity contribution is 0.174. The highest BCUT2D eigenvalue weighted by Crippen LogP contribution is 2.39. The van der Waals surface area contributed by atoms with Crippen LogP contribution in [-0.2, 0) is 6.54 Å². The predicted octanol–water partition coefficient (Wildman–Crippen LogP) is 4.74. The second kappa shape index (κ2) is 8.81. The maximum Gasteiger partial charge on any atom is 0.231 e. The molecule has 3 aromatic carbocycles. The minimum Gasteiger partial charge on any atom is -0.496 e. The molecule has 1 aliphatic rings. The van der Waals surface area contributed by atoms with E-state index in [1.165, 1.54) is 16.7 Å².